The van der Waals surface area contributed by atoms with Crippen LogP contribution < -0.4 is 10.7 Å². The van der Waals surface area contributed by atoms with Crippen LogP contribution in [0.5, 0.6) is 0 Å². The maximum absolute atomic E-state index is 4.81. The standard InChI is InChI=1S/C4H9N3S/c1-5-4(8)6-7-2-3-7/h2-3H2,1H3,(H2,5,6,8). The summed E-state index contributed by atoms with van der Waals surface area (Å²) in [6.07, 6.45) is 0. The number of thiocarbonyl (C=S) groups is 1. The molecule has 0 saturated carbocycles. The quantitative estimate of drug-likeness (QED) is 0.364. The van der Waals surface area contributed by atoms with Gasteiger partial charge in [-0.1, -0.05) is 0 Å². The van der Waals surface area contributed by atoms with Gasteiger partial charge in [-0.25, -0.2) is 5.01 Å². The molecular weight excluding hydrogens is 122 g/mol. The van der Waals surface area contributed by atoms with Crippen LogP contribution in [0.3, 0.4) is 0 Å². The molecule has 0 bridgehead atoms. The van der Waals surface area contributed by atoms with E-state index in [0.29, 0.717) is 5.11 Å². The van der Waals surface area contributed by atoms with Gasteiger partial charge in [0.15, 0.2) is 5.11 Å². The fourth-order valence-electron chi connectivity index (χ4n) is 0.361. The molecule has 0 unspecified atom stereocenters. The fourth-order valence-corrected chi connectivity index (χ4v) is 0.490. The Morgan fingerprint density at radius 1 is 1.62 bits per heavy atom. The van der Waals surface area contributed by atoms with Gasteiger partial charge in [0, 0.05) is 20.1 Å². The van der Waals surface area contributed by atoms with Crippen molar-refractivity contribution in [3.05, 3.63) is 0 Å². The number of nitrogens with one attached hydrogen (secondary N) is 2. The van der Waals surface area contributed by atoms with Gasteiger partial charge in [-0.3, -0.25) is 5.43 Å². The number of hydrogen-bond acceptors (Lipinski definition) is 2. The molecule has 8 heavy (non-hydrogen) atoms. The molecule has 3 nitrogen and oxygen atoms in total. The summed E-state index contributed by atoms with van der Waals surface area (Å²) in [7, 11) is 1.80. The lowest BCUT2D eigenvalue weighted by Crippen LogP contribution is -2.36. The largest absolute Gasteiger partial charge is 0.365 e. The van der Waals surface area contributed by atoms with Crippen LogP contribution in [0.4, 0.5) is 0 Å². The summed E-state index contributed by atoms with van der Waals surface area (Å²) in [5.74, 6) is 0. The molecule has 0 spiro atoms. The number of rotatable bonds is 1. The first kappa shape index (κ1) is 5.78. The number of hydrogen-bond donors (Lipinski definition) is 2. The van der Waals surface area contributed by atoms with Crippen LogP contribution in [-0.4, -0.2) is 30.3 Å². The molecule has 0 radical (unpaired) electrons. The molecule has 1 fully saturated rings. The normalized spacial score (nSPS) is 17.6. The van der Waals surface area contributed by atoms with Gasteiger partial charge < -0.3 is 5.32 Å². The maximum Gasteiger partial charge on any atom is 0.180 e. The second kappa shape index (κ2) is 2.28. The van der Waals surface area contributed by atoms with Crippen molar-refractivity contribution in [2.24, 2.45) is 0 Å². The van der Waals surface area contributed by atoms with Crippen molar-refractivity contribution in [1.29, 1.82) is 0 Å². The first-order chi connectivity index (χ1) is 3.83. The van der Waals surface area contributed by atoms with Crippen LogP contribution in [-0.2, 0) is 0 Å². The summed E-state index contributed by atoms with van der Waals surface area (Å²) in [5.41, 5.74) is 2.96. The lowest BCUT2D eigenvalue weighted by Gasteiger charge is -2.04. The molecule has 0 amide bonds. The van der Waals surface area contributed by atoms with Crippen molar-refractivity contribution < 1.29 is 0 Å². The van der Waals surface area contributed by atoms with Crippen molar-refractivity contribution in [3.8, 4) is 0 Å². The minimum absolute atomic E-state index is 0.697. The summed E-state index contributed by atoms with van der Waals surface area (Å²) in [6.45, 7) is 2.23. The van der Waals surface area contributed by atoms with E-state index in [2.05, 4.69) is 10.7 Å². The van der Waals surface area contributed by atoms with Gasteiger partial charge in [0.05, 0.1) is 0 Å². The van der Waals surface area contributed by atoms with Crippen LogP contribution >= 0.6 is 12.2 Å². The van der Waals surface area contributed by atoms with E-state index in [4.69, 9.17) is 12.2 Å². The molecule has 0 aromatic carbocycles. The van der Waals surface area contributed by atoms with Crippen molar-refractivity contribution in [2.45, 2.75) is 0 Å². The summed E-state index contributed by atoms with van der Waals surface area (Å²) in [4.78, 5) is 0. The summed E-state index contributed by atoms with van der Waals surface area (Å²) < 4.78 is 0. The lowest BCUT2D eigenvalue weighted by molar-refractivity contribution is 0.505. The Hall–Kier alpha value is -0.350. The van der Waals surface area contributed by atoms with Gasteiger partial charge in [0.25, 0.3) is 0 Å². The van der Waals surface area contributed by atoms with Crippen LogP contribution in [0.15, 0.2) is 0 Å². The third kappa shape index (κ3) is 1.63. The molecule has 2 N–H and O–H groups in total. The van der Waals surface area contributed by atoms with Crippen LogP contribution in [0.2, 0.25) is 0 Å². The molecule has 0 aromatic heterocycles. The second-order valence-electron chi connectivity index (χ2n) is 1.68. The predicted molar refractivity (Wildman–Crippen MR) is 36.4 cm³/mol. The van der Waals surface area contributed by atoms with Crippen LogP contribution in [0, 0.1) is 0 Å². The van der Waals surface area contributed by atoms with E-state index >= 15 is 0 Å². The van der Waals surface area contributed by atoms with Gasteiger partial charge in [-0.05, 0) is 12.2 Å². The van der Waals surface area contributed by atoms with Gasteiger partial charge in [-0.2, -0.15) is 0 Å². The second-order valence-corrected chi connectivity index (χ2v) is 2.09. The highest BCUT2D eigenvalue weighted by Gasteiger charge is 2.16. The van der Waals surface area contributed by atoms with Gasteiger partial charge >= 0.3 is 0 Å². The van der Waals surface area contributed by atoms with E-state index < -0.39 is 0 Å². The molecular formula is C4H9N3S. The van der Waals surface area contributed by atoms with Gasteiger partial charge in [0.2, 0.25) is 0 Å². The highest BCUT2D eigenvalue weighted by Crippen LogP contribution is 1.95. The maximum atomic E-state index is 4.81. The lowest BCUT2D eigenvalue weighted by atomic mass is 11.0. The molecule has 1 heterocycles. The SMILES string of the molecule is CNC(=S)NN1CC1. The molecule has 1 saturated heterocycles. The number of hydrazine groups is 1. The Labute approximate surface area is 54.0 Å². The smallest absolute Gasteiger partial charge is 0.180 e. The summed E-state index contributed by atoms with van der Waals surface area (Å²) in [5, 5.41) is 5.54. The van der Waals surface area contributed by atoms with Crippen LogP contribution in [0.1, 0.15) is 0 Å². The molecule has 46 valence electrons. The van der Waals surface area contributed by atoms with E-state index in [1.807, 2.05) is 5.01 Å². The molecule has 1 aliphatic rings. The van der Waals surface area contributed by atoms with Crippen molar-refractivity contribution in [2.75, 3.05) is 20.1 Å². The Morgan fingerprint density at radius 3 is 2.62 bits per heavy atom. The highest BCUT2D eigenvalue weighted by atomic mass is 32.1. The summed E-state index contributed by atoms with van der Waals surface area (Å²) in [6, 6.07) is 0. The zero-order valence-electron chi connectivity index (χ0n) is 4.77. The van der Waals surface area contributed by atoms with E-state index in [9.17, 15) is 0 Å². The average molecular weight is 131 g/mol. The van der Waals surface area contributed by atoms with Gasteiger partial charge in [0.1, 0.15) is 0 Å². The zero-order valence-corrected chi connectivity index (χ0v) is 5.59. The Kier molecular flexibility index (Phi) is 1.65. The minimum Gasteiger partial charge on any atom is -0.365 e. The van der Waals surface area contributed by atoms with Crippen molar-refractivity contribution in [3.63, 3.8) is 0 Å². The molecule has 1 aliphatic heterocycles. The van der Waals surface area contributed by atoms with Crippen LogP contribution in [0.25, 0.3) is 0 Å². The zero-order chi connectivity index (χ0) is 5.98. The van der Waals surface area contributed by atoms with E-state index in [1.165, 1.54) is 0 Å². The topological polar surface area (TPSA) is 27.1 Å². The average Bonchev–Trinajstić information content (AvgIpc) is 2.50. The van der Waals surface area contributed by atoms with E-state index in [1.54, 1.807) is 7.05 Å². The molecule has 0 aromatic rings. The molecule has 0 atom stereocenters. The summed E-state index contributed by atoms with van der Waals surface area (Å²) >= 11 is 4.81. The van der Waals surface area contributed by atoms with Crippen molar-refractivity contribution >= 4 is 17.3 Å². The van der Waals surface area contributed by atoms with E-state index in [-0.39, 0.29) is 0 Å². The molecule has 4 heteroatoms. The predicted octanol–water partition coefficient (Wildman–Crippen LogP) is -0.689. The third-order valence-corrected chi connectivity index (χ3v) is 1.23. The molecule has 1 rings (SSSR count). The third-order valence-electron chi connectivity index (χ3n) is 0.934. The number of nitrogens with zero attached hydrogens (tertiary/aromatic N) is 1. The van der Waals surface area contributed by atoms with Crippen molar-refractivity contribution in [1.82, 2.24) is 15.8 Å². The fraction of sp³-hybridized carbons (Fsp3) is 0.750. The van der Waals surface area contributed by atoms with Gasteiger partial charge in [-0.15, -0.1) is 0 Å². The highest BCUT2D eigenvalue weighted by molar-refractivity contribution is 7.80. The first-order valence-electron chi connectivity index (χ1n) is 2.56. The van der Waals surface area contributed by atoms with E-state index in [0.717, 1.165) is 13.1 Å². The first-order valence-corrected chi connectivity index (χ1v) is 2.97. The minimum atomic E-state index is 0.697. The monoisotopic (exact) mass is 131 g/mol. The Balaban J connectivity index is 2.07. The Morgan fingerprint density at radius 2 is 2.25 bits per heavy atom. The Bertz CT molecular complexity index is 99.5. The molecule has 0 aliphatic carbocycles.